The first-order valence-corrected chi connectivity index (χ1v) is 9.83. The number of anilines is 1. The highest BCUT2D eigenvalue weighted by Crippen LogP contribution is 2.33. The van der Waals surface area contributed by atoms with Gasteiger partial charge in [0, 0.05) is 31.9 Å². The van der Waals surface area contributed by atoms with E-state index in [1.54, 1.807) is 0 Å². The van der Waals surface area contributed by atoms with Gasteiger partial charge < -0.3 is 4.90 Å². The first-order valence-electron chi connectivity index (χ1n) is 9.83. The predicted octanol–water partition coefficient (Wildman–Crippen LogP) is 3.41. The third-order valence-corrected chi connectivity index (χ3v) is 5.55. The molecule has 0 atom stereocenters. The average Bonchev–Trinajstić information content (AvgIpc) is 3.29. The van der Waals surface area contributed by atoms with Gasteiger partial charge >= 0.3 is 0 Å². The standard InChI is InChI=1S/C21H27N5O/c1-4-17-19-20(26(24-17)16-7-5-6-8-16)22-18(23-21(19)27)13-14-9-11-15(12-10-14)25(2)3/h9-12,16,24H,4-8,13H2,1-3H3. The van der Waals surface area contributed by atoms with Crippen molar-refractivity contribution in [3.05, 3.63) is 51.7 Å². The minimum Gasteiger partial charge on any atom is -0.378 e. The SMILES string of the molecule is CCc1[nH]n(C2CCCC2)c2nc(Cc3ccc(N(C)C)cc3)nc(=O)c1-2. The quantitative estimate of drug-likeness (QED) is 0.752. The number of benzene rings is 1. The van der Waals surface area contributed by atoms with Gasteiger partial charge in [-0.1, -0.05) is 31.9 Å². The van der Waals surface area contributed by atoms with E-state index in [4.69, 9.17) is 4.98 Å². The molecule has 0 unspecified atom stereocenters. The van der Waals surface area contributed by atoms with Gasteiger partial charge in [0.15, 0.2) is 5.82 Å². The van der Waals surface area contributed by atoms with Crippen LogP contribution in [0.5, 0.6) is 0 Å². The molecule has 0 aromatic heterocycles. The molecule has 0 radical (unpaired) electrons. The van der Waals surface area contributed by atoms with Crippen molar-refractivity contribution in [2.45, 2.75) is 51.5 Å². The molecule has 1 aliphatic carbocycles. The summed E-state index contributed by atoms with van der Waals surface area (Å²) in [5.74, 6) is 1.37. The van der Waals surface area contributed by atoms with E-state index in [0.29, 0.717) is 23.9 Å². The third-order valence-electron chi connectivity index (χ3n) is 5.55. The van der Waals surface area contributed by atoms with Crippen molar-refractivity contribution in [3.63, 3.8) is 0 Å². The van der Waals surface area contributed by atoms with Crippen LogP contribution in [0.2, 0.25) is 0 Å². The molecule has 142 valence electrons. The zero-order valence-electron chi connectivity index (χ0n) is 16.3. The highest BCUT2D eigenvalue weighted by Gasteiger charge is 2.27. The summed E-state index contributed by atoms with van der Waals surface area (Å²) in [7, 11) is 4.05. The molecule has 6 heteroatoms. The normalized spacial score (nSPS) is 14.9. The number of aromatic amines is 1. The van der Waals surface area contributed by atoms with Gasteiger partial charge in [-0.2, -0.15) is 4.98 Å². The molecule has 1 saturated carbocycles. The summed E-state index contributed by atoms with van der Waals surface area (Å²) in [4.78, 5) is 23.9. The number of fused-ring (bicyclic) bond motifs is 1. The molecule has 2 heterocycles. The van der Waals surface area contributed by atoms with Crippen LogP contribution in [0.4, 0.5) is 5.69 Å². The van der Waals surface area contributed by atoms with Crippen LogP contribution >= 0.6 is 0 Å². The second-order valence-corrected chi connectivity index (χ2v) is 7.63. The second-order valence-electron chi connectivity index (χ2n) is 7.63. The van der Waals surface area contributed by atoms with Crippen LogP contribution in [0.15, 0.2) is 29.1 Å². The zero-order chi connectivity index (χ0) is 19.0. The molecule has 0 bridgehead atoms. The van der Waals surface area contributed by atoms with Gasteiger partial charge in [0.25, 0.3) is 5.56 Å². The maximum Gasteiger partial charge on any atom is 0.284 e. The van der Waals surface area contributed by atoms with Crippen molar-refractivity contribution in [1.29, 1.82) is 0 Å². The van der Waals surface area contributed by atoms with Gasteiger partial charge in [-0.05, 0) is 37.0 Å². The number of rotatable bonds is 5. The largest absolute Gasteiger partial charge is 0.378 e. The Morgan fingerprint density at radius 2 is 1.85 bits per heavy atom. The molecule has 0 spiro atoms. The van der Waals surface area contributed by atoms with Gasteiger partial charge in [0.1, 0.15) is 11.4 Å². The van der Waals surface area contributed by atoms with E-state index >= 15 is 0 Å². The van der Waals surface area contributed by atoms with Crippen molar-refractivity contribution in [3.8, 4) is 11.4 Å². The van der Waals surface area contributed by atoms with Crippen LogP contribution in [-0.4, -0.2) is 33.8 Å². The molecule has 1 fully saturated rings. The lowest BCUT2D eigenvalue weighted by Crippen LogP contribution is -2.18. The van der Waals surface area contributed by atoms with Gasteiger partial charge in [0.05, 0.1) is 6.04 Å². The van der Waals surface area contributed by atoms with Crippen molar-refractivity contribution >= 4 is 5.69 Å². The number of hydrogen-bond donors (Lipinski definition) is 1. The van der Waals surface area contributed by atoms with E-state index in [1.807, 2.05) is 14.1 Å². The highest BCUT2D eigenvalue weighted by molar-refractivity contribution is 5.59. The van der Waals surface area contributed by atoms with Crippen LogP contribution in [-0.2, 0) is 12.8 Å². The van der Waals surface area contributed by atoms with E-state index < -0.39 is 0 Å². The van der Waals surface area contributed by atoms with Crippen molar-refractivity contribution in [1.82, 2.24) is 19.7 Å². The van der Waals surface area contributed by atoms with Gasteiger partial charge in [-0.25, -0.2) is 4.98 Å². The first-order chi connectivity index (χ1) is 13.1. The van der Waals surface area contributed by atoms with Crippen LogP contribution in [0.3, 0.4) is 0 Å². The van der Waals surface area contributed by atoms with E-state index in [-0.39, 0.29) is 5.56 Å². The van der Waals surface area contributed by atoms with Gasteiger partial charge in [-0.15, -0.1) is 0 Å². The van der Waals surface area contributed by atoms with Crippen LogP contribution in [0.1, 0.15) is 55.7 Å². The Kier molecular flexibility index (Phi) is 4.72. The number of aromatic nitrogens is 4. The molecule has 1 N–H and O–H groups in total. The van der Waals surface area contributed by atoms with Crippen molar-refractivity contribution in [2.24, 2.45) is 0 Å². The van der Waals surface area contributed by atoms with Crippen LogP contribution < -0.4 is 10.5 Å². The van der Waals surface area contributed by atoms with Crippen molar-refractivity contribution in [2.75, 3.05) is 19.0 Å². The Bertz CT molecular complexity index is 948. The molecule has 2 aliphatic heterocycles. The first kappa shape index (κ1) is 17.8. The smallest absolute Gasteiger partial charge is 0.284 e. The van der Waals surface area contributed by atoms with Crippen LogP contribution in [0.25, 0.3) is 11.4 Å². The molecule has 0 saturated heterocycles. The number of H-pyrrole nitrogens is 1. The second kappa shape index (κ2) is 7.18. The molecule has 6 nitrogen and oxygen atoms in total. The topological polar surface area (TPSA) is 66.8 Å². The van der Waals surface area contributed by atoms with Crippen molar-refractivity contribution < 1.29 is 0 Å². The van der Waals surface area contributed by atoms with Gasteiger partial charge in [0.2, 0.25) is 0 Å². The Balaban J connectivity index is 1.72. The monoisotopic (exact) mass is 365 g/mol. The molecular weight excluding hydrogens is 338 g/mol. The zero-order valence-corrected chi connectivity index (χ0v) is 16.3. The maximum atomic E-state index is 12.7. The highest BCUT2D eigenvalue weighted by atomic mass is 16.1. The summed E-state index contributed by atoms with van der Waals surface area (Å²) >= 11 is 0. The summed E-state index contributed by atoms with van der Waals surface area (Å²) < 4.78 is 2.13. The molecular formula is C21H27N5O. The lowest BCUT2D eigenvalue weighted by Gasteiger charge is -2.14. The van der Waals surface area contributed by atoms with E-state index in [9.17, 15) is 4.79 Å². The van der Waals surface area contributed by atoms with E-state index in [1.165, 1.54) is 12.8 Å². The third kappa shape index (κ3) is 3.36. The Morgan fingerprint density at radius 3 is 2.48 bits per heavy atom. The fourth-order valence-corrected chi connectivity index (χ4v) is 4.02. The molecule has 1 aromatic carbocycles. The van der Waals surface area contributed by atoms with Gasteiger partial charge in [-0.3, -0.25) is 14.6 Å². The number of nitrogens with zero attached hydrogens (tertiary/aromatic N) is 4. The summed E-state index contributed by atoms with van der Waals surface area (Å²) in [5.41, 5.74) is 3.71. The van der Waals surface area contributed by atoms with E-state index in [0.717, 1.165) is 42.0 Å². The average molecular weight is 365 g/mol. The molecule has 4 rings (SSSR count). The predicted molar refractivity (Wildman–Crippen MR) is 108 cm³/mol. The summed E-state index contributed by atoms with van der Waals surface area (Å²) in [6, 6.07) is 8.72. The Morgan fingerprint density at radius 1 is 1.15 bits per heavy atom. The molecule has 0 amide bonds. The molecule has 3 aliphatic rings. The maximum absolute atomic E-state index is 12.7. The number of aryl methyl sites for hydroxylation is 1. The van der Waals surface area contributed by atoms with Crippen LogP contribution in [0, 0.1) is 0 Å². The summed E-state index contributed by atoms with van der Waals surface area (Å²) in [6.07, 6.45) is 6.10. The number of hydrogen-bond acceptors (Lipinski definition) is 4. The lowest BCUT2D eigenvalue weighted by molar-refractivity contribution is 0.464. The Labute approximate surface area is 159 Å². The fourth-order valence-electron chi connectivity index (χ4n) is 4.02. The molecule has 1 aromatic rings. The van der Waals surface area contributed by atoms with E-state index in [2.05, 4.69) is 50.9 Å². The Hall–Kier alpha value is -2.63. The minimum atomic E-state index is -0.162. The minimum absolute atomic E-state index is 0.162. The lowest BCUT2D eigenvalue weighted by atomic mass is 10.1. The fraction of sp³-hybridized carbons (Fsp3) is 0.476. The summed E-state index contributed by atoms with van der Waals surface area (Å²) in [6.45, 7) is 2.06. The molecule has 27 heavy (non-hydrogen) atoms. The summed E-state index contributed by atoms with van der Waals surface area (Å²) in [5, 5.41) is 3.44. The number of nitrogens with one attached hydrogen (secondary N) is 1.